The van der Waals surface area contributed by atoms with E-state index < -0.39 is 0 Å². The van der Waals surface area contributed by atoms with Gasteiger partial charge in [0.05, 0.1) is 10.5 Å². The van der Waals surface area contributed by atoms with Crippen molar-refractivity contribution in [2.24, 2.45) is 4.30 Å². The Morgan fingerprint density at radius 1 is 1.08 bits per heavy atom. The van der Waals surface area contributed by atoms with E-state index in [9.17, 15) is 0 Å². The number of hydrogen-bond acceptors (Lipinski definition) is 5. The van der Waals surface area contributed by atoms with Crippen LogP contribution in [0, 0.1) is 11.3 Å². The fraction of sp³-hybridized carbons (Fsp3) is 0.278. The summed E-state index contributed by atoms with van der Waals surface area (Å²) in [6.07, 6.45) is 2.03. The van der Waals surface area contributed by atoms with Crippen LogP contribution in [0.4, 0.5) is 0 Å². The Morgan fingerprint density at radius 3 is 1.84 bits per heavy atom. The average molecular weight is 422 g/mol. The third-order valence-corrected chi connectivity index (χ3v) is 3.40. The standard InChI is InChI=1S/C8H9BrO.C8H10O.C2H3N.BHNS/c1-2-6-3-4-8(10)7(9)5-6;1-2-7-3-5-8(9)6-4-7;2*1-2-3/h3-5,10H,2H2,1H3;3-6,9H,2H2,1H3;1H3;3H. The molecule has 1 radical (unpaired) electrons. The Balaban J connectivity index is 0. The van der Waals surface area contributed by atoms with Gasteiger partial charge >= 0.3 is 24.8 Å². The number of nitriles is 1. The first-order valence-electron chi connectivity index (χ1n) is 7.50. The fourth-order valence-corrected chi connectivity index (χ4v) is 1.93. The van der Waals surface area contributed by atoms with Crippen LogP contribution in [-0.2, 0) is 12.8 Å². The second-order valence-electron chi connectivity index (χ2n) is 4.50. The minimum atomic E-state index is 0.303. The Hall–Kier alpha value is -1.78. The first-order chi connectivity index (χ1) is 11.9. The van der Waals surface area contributed by atoms with E-state index in [0.717, 1.165) is 17.3 Å². The average Bonchev–Trinajstić information content (AvgIpc) is 2.60. The van der Waals surface area contributed by atoms with Crippen LogP contribution >= 0.6 is 28.7 Å². The molecule has 25 heavy (non-hydrogen) atoms. The molecule has 0 aliphatic carbocycles. The summed E-state index contributed by atoms with van der Waals surface area (Å²) in [6.45, 7) is 5.60. The van der Waals surface area contributed by atoms with Crippen molar-refractivity contribution in [3.63, 3.8) is 0 Å². The molecular weight excluding hydrogens is 399 g/mol. The summed E-state index contributed by atoms with van der Waals surface area (Å²) in [7, 11) is 4.34. The Labute approximate surface area is 165 Å². The van der Waals surface area contributed by atoms with E-state index in [4.69, 9.17) is 15.5 Å². The molecule has 0 atom stereocenters. The molecule has 0 bridgehead atoms. The summed E-state index contributed by atoms with van der Waals surface area (Å²) < 4.78 is 3.46. The molecule has 0 aliphatic heterocycles. The summed E-state index contributed by atoms with van der Waals surface area (Å²) in [5.41, 5.74) is 2.48. The van der Waals surface area contributed by atoms with Gasteiger partial charge in [0.2, 0.25) is 0 Å². The van der Waals surface area contributed by atoms with Crippen molar-refractivity contribution in [2.75, 3.05) is 0 Å². The molecule has 2 aromatic carbocycles. The maximum atomic E-state index is 9.09. The van der Waals surface area contributed by atoms with Gasteiger partial charge in [0, 0.05) is 6.92 Å². The number of thiol groups is 1. The molecular formula is C18H23BBrN2O2S. The molecule has 133 valence electrons. The molecule has 0 unspecified atom stereocenters. The maximum absolute atomic E-state index is 9.09. The molecule has 0 saturated heterocycles. The second kappa shape index (κ2) is 17.1. The van der Waals surface area contributed by atoms with E-state index >= 15 is 0 Å². The van der Waals surface area contributed by atoms with E-state index in [0.29, 0.717) is 11.5 Å². The van der Waals surface area contributed by atoms with Crippen LogP contribution in [0.3, 0.4) is 0 Å². The van der Waals surface area contributed by atoms with Crippen molar-refractivity contribution in [1.29, 1.82) is 5.26 Å². The van der Waals surface area contributed by atoms with Crippen molar-refractivity contribution in [1.82, 2.24) is 0 Å². The number of phenols is 2. The Morgan fingerprint density at radius 2 is 1.48 bits per heavy atom. The number of nitrogens with zero attached hydrogens (tertiary/aromatic N) is 2. The minimum absolute atomic E-state index is 0.303. The van der Waals surface area contributed by atoms with Crippen molar-refractivity contribution < 1.29 is 10.2 Å². The number of rotatable bonds is 2. The second-order valence-corrected chi connectivity index (χ2v) is 5.58. The predicted octanol–water partition coefficient (Wildman–Crippen LogP) is 5.38. The monoisotopic (exact) mass is 421 g/mol. The molecule has 0 fully saturated rings. The van der Waals surface area contributed by atoms with Crippen molar-refractivity contribution >= 4 is 36.4 Å². The number of hydrogen-bond donors (Lipinski definition) is 3. The number of phenolic OH excluding ortho intramolecular Hbond substituents is 2. The molecule has 0 saturated carbocycles. The number of halogens is 1. The topological polar surface area (TPSA) is 76.6 Å². The SMILES string of the molecule is CC#N.CCc1ccc(O)c(Br)c1.CCc1ccc(O)cc1.[B]=NS. The predicted molar refractivity (Wildman–Crippen MR) is 111 cm³/mol. The number of benzene rings is 2. The van der Waals surface area contributed by atoms with Crippen LogP contribution in [0.2, 0.25) is 0 Å². The van der Waals surface area contributed by atoms with Crippen LogP contribution in [0.15, 0.2) is 51.2 Å². The van der Waals surface area contributed by atoms with Gasteiger partial charge in [-0.15, -0.1) is 0 Å². The van der Waals surface area contributed by atoms with E-state index in [1.54, 1.807) is 24.3 Å². The summed E-state index contributed by atoms with van der Waals surface area (Å²) in [5, 5.41) is 25.3. The van der Waals surface area contributed by atoms with E-state index in [-0.39, 0.29) is 0 Å². The van der Waals surface area contributed by atoms with E-state index in [1.165, 1.54) is 18.1 Å². The fourth-order valence-electron chi connectivity index (χ4n) is 1.50. The summed E-state index contributed by atoms with van der Waals surface area (Å²) in [6, 6.07) is 14.6. The first kappa shape index (κ1) is 25.5. The van der Waals surface area contributed by atoms with Gasteiger partial charge < -0.3 is 10.2 Å². The first-order valence-corrected chi connectivity index (χ1v) is 8.69. The summed E-state index contributed by atoms with van der Waals surface area (Å²) in [5.74, 6) is 0.643. The Bertz CT molecular complexity index is 647. The van der Waals surface area contributed by atoms with Crippen LogP contribution in [0.5, 0.6) is 11.5 Å². The van der Waals surface area contributed by atoms with Crippen LogP contribution in [0.1, 0.15) is 31.9 Å². The van der Waals surface area contributed by atoms with Gasteiger partial charge in [0.15, 0.2) is 0 Å². The third kappa shape index (κ3) is 14.3. The van der Waals surface area contributed by atoms with Gasteiger partial charge in [0.1, 0.15) is 11.5 Å². The molecule has 0 heterocycles. The van der Waals surface area contributed by atoms with Gasteiger partial charge in [-0.2, -0.15) is 5.26 Å². The zero-order chi connectivity index (χ0) is 19.7. The molecule has 2 rings (SSSR count). The zero-order valence-electron chi connectivity index (χ0n) is 14.6. The van der Waals surface area contributed by atoms with Gasteiger partial charge in [-0.05, 0) is 64.2 Å². The number of aromatic hydroxyl groups is 2. The summed E-state index contributed by atoms with van der Waals surface area (Å²) >= 11 is 6.43. The quantitative estimate of drug-likeness (QED) is 0.449. The summed E-state index contributed by atoms with van der Waals surface area (Å²) in [4.78, 5) is 0. The molecule has 2 N–H and O–H groups in total. The van der Waals surface area contributed by atoms with Gasteiger partial charge in [-0.1, -0.05) is 32.0 Å². The van der Waals surface area contributed by atoms with Gasteiger partial charge in [-0.25, -0.2) is 0 Å². The molecule has 0 aliphatic rings. The van der Waals surface area contributed by atoms with Gasteiger partial charge in [0.25, 0.3) is 0 Å². The molecule has 4 nitrogen and oxygen atoms in total. The van der Waals surface area contributed by atoms with Crippen molar-refractivity contribution in [2.45, 2.75) is 33.6 Å². The van der Waals surface area contributed by atoms with E-state index in [2.05, 4.69) is 54.5 Å². The molecule has 0 aromatic heterocycles. The van der Waals surface area contributed by atoms with Crippen LogP contribution in [-0.4, -0.2) is 17.9 Å². The normalized spacial score (nSPS) is 8.12. The zero-order valence-corrected chi connectivity index (χ0v) is 17.1. The van der Waals surface area contributed by atoms with Crippen LogP contribution in [0.25, 0.3) is 0 Å². The van der Waals surface area contributed by atoms with Crippen molar-refractivity contribution in [3.05, 3.63) is 58.1 Å². The molecule has 0 amide bonds. The molecule has 2 aromatic rings. The molecule has 7 heteroatoms. The van der Waals surface area contributed by atoms with E-state index in [1.807, 2.05) is 24.3 Å². The molecule has 0 spiro atoms. The Kier molecular flexibility index (Phi) is 17.4. The number of aryl methyl sites for hydroxylation is 2. The third-order valence-electron chi connectivity index (χ3n) is 2.76. The van der Waals surface area contributed by atoms with Gasteiger partial charge in [-0.3, -0.25) is 0 Å². The van der Waals surface area contributed by atoms with Crippen LogP contribution < -0.4 is 0 Å². The van der Waals surface area contributed by atoms with Crippen molar-refractivity contribution in [3.8, 4) is 17.6 Å².